The van der Waals surface area contributed by atoms with Crippen LogP contribution >= 0.6 is 0 Å². The first kappa shape index (κ1) is 12.9. The molecule has 0 aliphatic rings. The molecule has 16 heavy (non-hydrogen) atoms. The van der Waals surface area contributed by atoms with E-state index in [-0.39, 0.29) is 0 Å². The van der Waals surface area contributed by atoms with Crippen LogP contribution in [0.5, 0.6) is 0 Å². The van der Waals surface area contributed by atoms with Crippen molar-refractivity contribution in [3.05, 3.63) is 29.8 Å². The summed E-state index contributed by atoms with van der Waals surface area (Å²) in [5, 5.41) is -0.624. The Hall–Kier alpha value is -1.16. The smallest absolute Gasteiger partial charge is 0.321 e. The lowest BCUT2D eigenvalue weighted by molar-refractivity contribution is -0.142. The fraction of sp³-hybridized carbons (Fsp3) is 0.417. The number of aryl methyl sites for hydroxylation is 1. The van der Waals surface area contributed by atoms with Gasteiger partial charge in [0.1, 0.15) is 5.25 Å². The van der Waals surface area contributed by atoms with Gasteiger partial charge in [-0.3, -0.25) is 9.00 Å². The minimum absolute atomic E-state index is 0.314. The van der Waals surface area contributed by atoms with Gasteiger partial charge in [0.2, 0.25) is 0 Å². The molecule has 0 bridgehead atoms. The molecule has 0 N–H and O–H groups in total. The first-order chi connectivity index (χ1) is 7.57. The maximum absolute atomic E-state index is 12.1. The van der Waals surface area contributed by atoms with Crippen molar-refractivity contribution >= 4 is 16.8 Å². The SMILES string of the molecule is CCOC(=O)C(C)S(=O)c1ccccc1C. The second kappa shape index (κ2) is 5.80. The van der Waals surface area contributed by atoms with Gasteiger partial charge in [-0.15, -0.1) is 0 Å². The lowest BCUT2D eigenvalue weighted by Gasteiger charge is -2.11. The van der Waals surface area contributed by atoms with Gasteiger partial charge in [0.15, 0.2) is 0 Å². The van der Waals surface area contributed by atoms with Crippen LogP contribution in [0.3, 0.4) is 0 Å². The monoisotopic (exact) mass is 240 g/mol. The minimum Gasteiger partial charge on any atom is -0.465 e. The summed E-state index contributed by atoms with van der Waals surface area (Å²) in [5.74, 6) is -0.413. The molecule has 1 aromatic rings. The summed E-state index contributed by atoms with van der Waals surface area (Å²) in [6.07, 6.45) is 0. The molecule has 0 heterocycles. The fourth-order valence-electron chi connectivity index (χ4n) is 1.32. The van der Waals surface area contributed by atoms with Crippen molar-refractivity contribution in [2.24, 2.45) is 0 Å². The highest BCUT2D eigenvalue weighted by molar-refractivity contribution is 7.86. The molecule has 1 rings (SSSR count). The Labute approximate surface area is 98.3 Å². The van der Waals surface area contributed by atoms with E-state index >= 15 is 0 Å². The molecule has 88 valence electrons. The van der Waals surface area contributed by atoms with Gasteiger partial charge in [-0.2, -0.15) is 0 Å². The maximum Gasteiger partial charge on any atom is 0.321 e. The van der Waals surface area contributed by atoms with Crippen LogP contribution in [0.1, 0.15) is 19.4 Å². The van der Waals surface area contributed by atoms with Crippen LogP contribution in [-0.4, -0.2) is 22.0 Å². The van der Waals surface area contributed by atoms with Crippen molar-refractivity contribution < 1.29 is 13.7 Å². The largest absolute Gasteiger partial charge is 0.465 e. The van der Waals surface area contributed by atoms with Crippen molar-refractivity contribution in [1.82, 2.24) is 0 Å². The first-order valence-electron chi connectivity index (χ1n) is 5.20. The number of ether oxygens (including phenoxy) is 1. The molecule has 0 spiro atoms. The Morgan fingerprint density at radius 2 is 2.06 bits per heavy atom. The average molecular weight is 240 g/mol. The molecule has 0 saturated carbocycles. The van der Waals surface area contributed by atoms with E-state index in [4.69, 9.17) is 4.74 Å². The zero-order chi connectivity index (χ0) is 12.1. The highest BCUT2D eigenvalue weighted by Gasteiger charge is 2.23. The summed E-state index contributed by atoms with van der Waals surface area (Å²) in [4.78, 5) is 12.2. The van der Waals surface area contributed by atoms with Gasteiger partial charge in [-0.05, 0) is 32.4 Å². The molecule has 2 atom stereocenters. The zero-order valence-electron chi connectivity index (χ0n) is 9.73. The Morgan fingerprint density at radius 1 is 1.44 bits per heavy atom. The van der Waals surface area contributed by atoms with Crippen LogP contribution in [0.4, 0.5) is 0 Å². The minimum atomic E-state index is -1.35. The Balaban J connectivity index is 2.86. The summed E-state index contributed by atoms with van der Waals surface area (Å²) in [6.45, 7) is 5.56. The summed E-state index contributed by atoms with van der Waals surface area (Å²) in [6, 6.07) is 7.36. The van der Waals surface area contributed by atoms with E-state index in [2.05, 4.69) is 0 Å². The lowest BCUT2D eigenvalue weighted by Crippen LogP contribution is -2.25. The number of carbonyl (C=O) groups is 1. The number of benzene rings is 1. The second-order valence-electron chi connectivity index (χ2n) is 3.46. The van der Waals surface area contributed by atoms with Gasteiger partial charge in [0.25, 0.3) is 0 Å². The highest BCUT2D eigenvalue weighted by Crippen LogP contribution is 2.16. The van der Waals surface area contributed by atoms with Crippen molar-refractivity contribution in [1.29, 1.82) is 0 Å². The number of hydrogen-bond acceptors (Lipinski definition) is 3. The Kier molecular flexibility index (Phi) is 4.68. The third kappa shape index (κ3) is 2.92. The summed E-state index contributed by atoms with van der Waals surface area (Å²) >= 11 is 0. The summed E-state index contributed by atoms with van der Waals surface area (Å²) in [7, 11) is -1.35. The molecule has 0 fully saturated rings. The molecule has 0 saturated heterocycles. The maximum atomic E-state index is 12.1. The topological polar surface area (TPSA) is 43.4 Å². The van der Waals surface area contributed by atoms with Gasteiger partial charge in [0.05, 0.1) is 17.4 Å². The van der Waals surface area contributed by atoms with Crippen molar-refractivity contribution in [2.45, 2.75) is 30.9 Å². The van der Waals surface area contributed by atoms with Gasteiger partial charge in [0, 0.05) is 4.90 Å². The van der Waals surface area contributed by atoms with E-state index in [0.717, 1.165) is 5.56 Å². The average Bonchev–Trinajstić information content (AvgIpc) is 2.28. The second-order valence-corrected chi connectivity index (χ2v) is 5.20. The van der Waals surface area contributed by atoms with Gasteiger partial charge in [-0.25, -0.2) is 0 Å². The standard InChI is InChI=1S/C12H16O3S/c1-4-15-12(13)10(3)16(14)11-8-6-5-7-9(11)2/h5-8,10H,4H2,1-3H3. The van der Waals surface area contributed by atoms with Crippen LogP contribution in [-0.2, 0) is 20.3 Å². The molecule has 3 nitrogen and oxygen atoms in total. The molecule has 0 aliphatic carbocycles. The number of hydrogen-bond donors (Lipinski definition) is 0. The predicted octanol–water partition coefficient (Wildman–Crippen LogP) is 2.05. The first-order valence-corrected chi connectivity index (χ1v) is 6.42. The Bertz CT molecular complexity index is 401. The van der Waals surface area contributed by atoms with Crippen LogP contribution in [0.2, 0.25) is 0 Å². The van der Waals surface area contributed by atoms with E-state index in [1.807, 2.05) is 25.1 Å². The summed E-state index contributed by atoms with van der Waals surface area (Å²) in [5.41, 5.74) is 0.928. The van der Waals surface area contributed by atoms with Crippen LogP contribution in [0.25, 0.3) is 0 Å². The van der Waals surface area contributed by atoms with Gasteiger partial charge >= 0.3 is 5.97 Å². The molecule has 0 aromatic heterocycles. The fourth-order valence-corrected chi connectivity index (χ4v) is 2.54. The van der Waals surface area contributed by atoms with Crippen LogP contribution in [0.15, 0.2) is 29.2 Å². The predicted molar refractivity (Wildman–Crippen MR) is 63.7 cm³/mol. The molecule has 2 unspecified atom stereocenters. The van der Waals surface area contributed by atoms with E-state index in [0.29, 0.717) is 11.5 Å². The molecular formula is C12H16O3S. The quantitative estimate of drug-likeness (QED) is 0.757. The van der Waals surface area contributed by atoms with Crippen molar-refractivity contribution in [2.75, 3.05) is 6.61 Å². The van der Waals surface area contributed by atoms with Crippen molar-refractivity contribution in [3.63, 3.8) is 0 Å². The van der Waals surface area contributed by atoms with E-state index in [1.165, 1.54) is 0 Å². The third-order valence-corrected chi connectivity index (χ3v) is 3.98. The summed E-state index contributed by atoms with van der Waals surface area (Å²) < 4.78 is 16.9. The van der Waals surface area contributed by atoms with E-state index in [1.54, 1.807) is 19.9 Å². The molecule has 0 amide bonds. The Morgan fingerprint density at radius 3 is 2.62 bits per heavy atom. The number of carbonyl (C=O) groups excluding carboxylic acids is 1. The van der Waals surface area contributed by atoms with Crippen molar-refractivity contribution in [3.8, 4) is 0 Å². The van der Waals surface area contributed by atoms with Gasteiger partial charge < -0.3 is 4.74 Å². The van der Waals surface area contributed by atoms with E-state index in [9.17, 15) is 9.00 Å². The van der Waals surface area contributed by atoms with Crippen LogP contribution < -0.4 is 0 Å². The molecule has 0 aliphatic heterocycles. The lowest BCUT2D eigenvalue weighted by atomic mass is 10.2. The van der Waals surface area contributed by atoms with Gasteiger partial charge in [-0.1, -0.05) is 18.2 Å². The third-order valence-electron chi connectivity index (χ3n) is 2.25. The van der Waals surface area contributed by atoms with E-state index < -0.39 is 22.0 Å². The zero-order valence-corrected chi connectivity index (χ0v) is 10.5. The van der Waals surface area contributed by atoms with Crippen LogP contribution in [0, 0.1) is 6.92 Å². The molecular weight excluding hydrogens is 224 g/mol. The number of rotatable bonds is 4. The number of esters is 1. The highest BCUT2D eigenvalue weighted by atomic mass is 32.2. The molecule has 0 radical (unpaired) electrons. The molecule has 4 heteroatoms. The molecule has 1 aromatic carbocycles. The normalized spacial score (nSPS) is 14.2.